The lowest BCUT2D eigenvalue weighted by atomic mass is 10.2. The number of fused-ring (bicyclic) bond motifs is 1. The van der Waals surface area contributed by atoms with Gasteiger partial charge in [0.1, 0.15) is 0 Å². The molecule has 3 rings (SSSR count). The molecule has 1 saturated heterocycles. The monoisotopic (exact) mass is 375 g/mol. The van der Waals surface area contributed by atoms with Gasteiger partial charge >= 0.3 is 0 Å². The highest BCUT2D eigenvalue weighted by Crippen LogP contribution is 2.21. The van der Waals surface area contributed by atoms with E-state index in [0.29, 0.717) is 35.7 Å². The minimum Gasteiger partial charge on any atom is -0.376 e. The zero-order valence-electron chi connectivity index (χ0n) is 15.3. The van der Waals surface area contributed by atoms with Crippen molar-refractivity contribution in [3.63, 3.8) is 0 Å². The van der Waals surface area contributed by atoms with Gasteiger partial charge in [-0.15, -0.1) is 0 Å². The molecule has 2 aromatic rings. The fourth-order valence-corrected chi connectivity index (χ4v) is 4.12. The van der Waals surface area contributed by atoms with Crippen LogP contribution in [0.4, 0.5) is 0 Å². The van der Waals surface area contributed by atoms with Crippen molar-refractivity contribution in [2.75, 3.05) is 25.4 Å². The normalized spacial score (nSPS) is 16.9. The first-order valence-electron chi connectivity index (χ1n) is 9.15. The highest BCUT2D eigenvalue weighted by atomic mass is 32.2. The van der Waals surface area contributed by atoms with Crippen molar-refractivity contribution < 1.29 is 9.53 Å². The summed E-state index contributed by atoms with van der Waals surface area (Å²) in [6.45, 7) is 6.52. The van der Waals surface area contributed by atoms with Crippen molar-refractivity contribution in [3.8, 4) is 0 Å². The lowest BCUT2D eigenvalue weighted by molar-refractivity contribution is -0.127. The van der Waals surface area contributed by atoms with Crippen LogP contribution in [-0.2, 0) is 16.1 Å². The van der Waals surface area contributed by atoms with Gasteiger partial charge in [-0.05, 0) is 38.8 Å². The Morgan fingerprint density at radius 1 is 1.35 bits per heavy atom. The molecule has 1 aliphatic rings. The lowest BCUT2D eigenvalue weighted by Crippen LogP contribution is -2.33. The topological polar surface area (TPSA) is 64.4 Å². The van der Waals surface area contributed by atoms with E-state index in [1.54, 1.807) is 15.5 Å². The number of nitrogens with zero attached hydrogens (tertiary/aromatic N) is 3. The molecule has 0 unspecified atom stereocenters. The molecular weight excluding hydrogens is 350 g/mol. The third-order valence-electron chi connectivity index (χ3n) is 4.68. The molecule has 0 bridgehead atoms. The van der Waals surface area contributed by atoms with Crippen LogP contribution in [0.3, 0.4) is 0 Å². The zero-order valence-corrected chi connectivity index (χ0v) is 16.1. The standard InChI is InChI=1S/C19H25N3O3S/c1-3-21(4-2)17(23)13-26-19-20-16-10-6-5-9-15(16)18(24)22(19)12-14-8-7-11-25-14/h5-6,9-10,14H,3-4,7-8,11-13H2,1-2H3/t14-/m1/s1. The third-order valence-corrected chi connectivity index (χ3v) is 5.64. The summed E-state index contributed by atoms with van der Waals surface area (Å²) in [5, 5.41) is 1.19. The van der Waals surface area contributed by atoms with Gasteiger partial charge in [0.15, 0.2) is 5.16 Å². The van der Waals surface area contributed by atoms with Crippen LogP contribution in [-0.4, -0.2) is 51.9 Å². The maximum Gasteiger partial charge on any atom is 0.262 e. The Bertz CT molecular complexity index is 826. The summed E-state index contributed by atoms with van der Waals surface area (Å²) in [4.78, 5) is 31.8. The Morgan fingerprint density at radius 2 is 2.12 bits per heavy atom. The predicted molar refractivity (Wildman–Crippen MR) is 104 cm³/mol. The largest absolute Gasteiger partial charge is 0.376 e. The van der Waals surface area contributed by atoms with Gasteiger partial charge in [-0.25, -0.2) is 4.98 Å². The molecule has 1 atom stereocenters. The minimum absolute atomic E-state index is 0.0356. The van der Waals surface area contributed by atoms with Gasteiger partial charge in [-0.1, -0.05) is 23.9 Å². The van der Waals surface area contributed by atoms with Crippen molar-refractivity contribution in [2.45, 2.75) is 44.5 Å². The summed E-state index contributed by atoms with van der Waals surface area (Å²) in [7, 11) is 0. The molecule has 1 fully saturated rings. The molecule has 1 aromatic heterocycles. The molecule has 0 N–H and O–H groups in total. The summed E-state index contributed by atoms with van der Waals surface area (Å²) in [6, 6.07) is 7.35. The number of hydrogen-bond acceptors (Lipinski definition) is 5. The number of benzene rings is 1. The molecule has 0 spiro atoms. The Balaban J connectivity index is 1.91. The van der Waals surface area contributed by atoms with Gasteiger partial charge in [0.05, 0.1) is 29.3 Å². The van der Waals surface area contributed by atoms with E-state index in [9.17, 15) is 9.59 Å². The molecule has 6 nitrogen and oxygen atoms in total. The molecule has 1 aliphatic heterocycles. The number of amides is 1. The molecule has 0 saturated carbocycles. The van der Waals surface area contributed by atoms with Gasteiger partial charge in [0.25, 0.3) is 5.56 Å². The van der Waals surface area contributed by atoms with E-state index < -0.39 is 0 Å². The van der Waals surface area contributed by atoms with E-state index in [1.807, 2.05) is 32.0 Å². The number of ether oxygens (including phenoxy) is 1. The SMILES string of the molecule is CCN(CC)C(=O)CSc1nc2ccccc2c(=O)n1C[C@H]1CCCO1. The van der Waals surface area contributed by atoms with Gasteiger partial charge in [-0.3, -0.25) is 14.2 Å². The van der Waals surface area contributed by atoms with Crippen LogP contribution in [0.2, 0.25) is 0 Å². The molecule has 1 amide bonds. The number of aromatic nitrogens is 2. The van der Waals surface area contributed by atoms with Crippen LogP contribution in [0.15, 0.2) is 34.2 Å². The number of thioether (sulfide) groups is 1. The van der Waals surface area contributed by atoms with Gasteiger partial charge < -0.3 is 9.64 Å². The van der Waals surface area contributed by atoms with E-state index in [1.165, 1.54) is 11.8 Å². The second-order valence-corrected chi connectivity index (χ2v) is 7.26. The summed E-state index contributed by atoms with van der Waals surface area (Å²) >= 11 is 1.33. The van der Waals surface area contributed by atoms with Crippen LogP contribution in [0.1, 0.15) is 26.7 Å². The first-order valence-corrected chi connectivity index (χ1v) is 10.1. The van der Waals surface area contributed by atoms with E-state index in [4.69, 9.17) is 4.74 Å². The molecule has 0 radical (unpaired) electrons. The second kappa shape index (κ2) is 8.68. The minimum atomic E-state index is -0.0658. The molecule has 1 aromatic carbocycles. The number of carbonyl (C=O) groups excluding carboxylic acids is 1. The van der Waals surface area contributed by atoms with Crippen molar-refractivity contribution in [3.05, 3.63) is 34.6 Å². The van der Waals surface area contributed by atoms with Crippen molar-refractivity contribution in [1.29, 1.82) is 0 Å². The van der Waals surface area contributed by atoms with Crippen LogP contribution in [0, 0.1) is 0 Å². The third kappa shape index (κ3) is 4.10. The second-order valence-electron chi connectivity index (χ2n) is 6.32. The molecule has 7 heteroatoms. The zero-order chi connectivity index (χ0) is 18.5. The number of rotatable bonds is 7. The predicted octanol–water partition coefficient (Wildman–Crippen LogP) is 2.54. The van der Waals surface area contributed by atoms with Crippen molar-refractivity contribution >= 4 is 28.6 Å². The van der Waals surface area contributed by atoms with Crippen LogP contribution >= 0.6 is 11.8 Å². The molecular formula is C19H25N3O3S. The summed E-state index contributed by atoms with van der Waals surface area (Å²) in [6.07, 6.45) is 2.00. The fourth-order valence-electron chi connectivity index (χ4n) is 3.20. The van der Waals surface area contributed by atoms with Crippen LogP contribution in [0.5, 0.6) is 0 Å². The van der Waals surface area contributed by atoms with Gasteiger partial charge in [0, 0.05) is 19.7 Å². The van der Waals surface area contributed by atoms with Crippen LogP contribution < -0.4 is 5.56 Å². The first kappa shape index (κ1) is 18.9. The number of para-hydroxylation sites is 1. The van der Waals surface area contributed by atoms with Gasteiger partial charge in [0.2, 0.25) is 5.91 Å². The summed E-state index contributed by atoms with van der Waals surface area (Å²) < 4.78 is 7.38. The van der Waals surface area contributed by atoms with E-state index in [2.05, 4.69) is 4.98 Å². The molecule has 26 heavy (non-hydrogen) atoms. The number of carbonyl (C=O) groups is 1. The highest BCUT2D eigenvalue weighted by molar-refractivity contribution is 7.99. The highest BCUT2D eigenvalue weighted by Gasteiger charge is 2.21. The van der Waals surface area contributed by atoms with E-state index >= 15 is 0 Å². The Labute approximate surface area is 157 Å². The Kier molecular flexibility index (Phi) is 6.32. The maximum atomic E-state index is 13.0. The fraction of sp³-hybridized carbons (Fsp3) is 0.526. The van der Waals surface area contributed by atoms with E-state index in [-0.39, 0.29) is 23.3 Å². The maximum absolute atomic E-state index is 13.0. The van der Waals surface area contributed by atoms with Crippen LogP contribution in [0.25, 0.3) is 10.9 Å². The summed E-state index contributed by atoms with van der Waals surface area (Å²) in [5.41, 5.74) is 0.600. The Morgan fingerprint density at radius 3 is 2.81 bits per heavy atom. The first-order chi connectivity index (χ1) is 12.6. The average molecular weight is 375 g/mol. The lowest BCUT2D eigenvalue weighted by Gasteiger charge is -2.19. The quantitative estimate of drug-likeness (QED) is 0.550. The smallest absolute Gasteiger partial charge is 0.262 e. The molecule has 2 heterocycles. The molecule has 0 aliphatic carbocycles. The van der Waals surface area contributed by atoms with E-state index in [0.717, 1.165) is 19.4 Å². The summed E-state index contributed by atoms with van der Waals surface area (Å²) in [5.74, 6) is 0.337. The Hall–Kier alpha value is -1.86. The average Bonchev–Trinajstić information content (AvgIpc) is 3.17. The van der Waals surface area contributed by atoms with Crippen molar-refractivity contribution in [2.24, 2.45) is 0 Å². The molecule has 140 valence electrons. The van der Waals surface area contributed by atoms with Crippen molar-refractivity contribution in [1.82, 2.24) is 14.5 Å². The van der Waals surface area contributed by atoms with Gasteiger partial charge in [-0.2, -0.15) is 0 Å². The number of hydrogen-bond donors (Lipinski definition) is 0.